The van der Waals surface area contributed by atoms with Crippen LogP contribution in [0.3, 0.4) is 0 Å². The molecule has 1 aromatic heterocycles. The number of ether oxygens (including phenoxy) is 1. The number of amides is 1. The number of hydrogen-bond acceptors (Lipinski definition) is 3. The summed E-state index contributed by atoms with van der Waals surface area (Å²) < 4.78 is 60.6. The lowest BCUT2D eigenvalue weighted by Crippen LogP contribution is -2.20. The number of nitrogens with zero attached hydrogens (tertiary/aromatic N) is 2. The van der Waals surface area contributed by atoms with Crippen LogP contribution in [0.5, 0.6) is 0 Å². The van der Waals surface area contributed by atoms with E-state index in [9.17, 15) is 22.4 Å². The van der Waals surface area contributed by atoms with Gasteiger partial charge >= 0.3 is 6.18 Å². The van der Waals surface area contributed by atoms with E-state index in [0.717, 1.165) is 11.6 Å². The van der Waals surface area contributed by atoms with Crippen molar-refractivity contribution in [3.63, 3.8) is 0 Å². The first-order valence-electron chi connectivity index (χ1n) is 8.76. The Balaban J connectivity index is 1.62. The maximum absolute atomic E-state index is 14.2. The Morgan fingerprint density at radius 2 is 1.90 bits per heavy atom. The third kappa shape index (κ3) is 5.37. The highest BCUT2D eigenvalue weighted by Gasteiger charge is 2.37. The molecule has 1 amide bonds. The summed E-state index contributed by atoms with van der Waals surface area (Å²) in [6, 6.07) is 10.9. The first-order chi connectivity index (χ1) is 14.3. The lowest BCUT2D eigenvalue weighted by molar-refractivity contribution is -0.138. The van der Waals surface area contributed by atoms with Gasteiger partial charge in [-0.2, -0.15) is 18.3 Å². The molecule has 0 spiro atoms. The van der Waals surface area contributed by atoms with Gasteiger partial charge in [-0.25, -0.2) is 4.39 Å². The zero-order chi connectivity index (χ0) is 21.7. The molecule has 3 aromatic rings. The molecule has 10 heteroatoms. The second kappa shape index (κ2) is 9.27. The summed E-state index contributed by atoms with van der Waals surface area (Å²) in [7, 11) is 0. The number of nitrogens with one attached hydrogen (secondary N) is 1. The van der Waals surface area contributed by atoms with Crippen molar-refractivity contribution in [2.75, 3.05) is 11.9 Å². The van der Waals surface area contributed by atoms with Crippen LogP contribution in [0.1, 0.15) is 21.5 Å². The summed E-state index contributed by atoms with van der Waals surface area (Å²) in [4.78, 5) is 12.3. The molecule has 0 radical (unpaired) electrons. The molecule has 30 heavy (non-hydrogen) atoms. The van der Waals surface area contributed by atoms with E-state index >= 15 is 0 Å². The molecule has 0 aliphatic rings. The van der Waals surface area contributed by atoms with Crippen molar-refractivity contribution in [1.29, 1.82) is 0 Å². The summed E-state index contributed by atoms with van der Waals surface area (Å²) in [6.45, 7) is 1.09. The lowest BCUT2D eigenvalue weighted by Gasteiger charge is -2.13. The molecular formula is C20H16ClF4N3O2. The molecule has 2 aromatic carbocycles. The van der Waals surface area contributed by atoms with E-state index in [-0.39, 0.29) is 5.69 Å². The van der Waals surface area contributed by atoms with Gasteiger partial charge < -0.3 is 10.1 Å². The molecule has 0 saturated carbocycles. The topological polar surface area (TPSA) is 56.2 Å². The molecule has 0 bridgehead atoms. The fraction of sp³-hybridized carbons (Fsp3) is 0.200. The largest absolute Gasteiger partial charge is 0.417 e. The molecule has 0 fully saturated rings. The summed E-state index contributed by atoms with van der Waals surface area (Å²) in [5.41, 5.74) is -1.47. The number of benzene rings is 2. The highest BCUT2D eigenvalue weighted by Crippen LogP contribution is 2.35. The van der Waals surface area contributed by atoms with Gasteiger partial charge in [-0.1, -0.05) is 41.9 Å². The van der Waals surface area contributed by atoms with E-state index in [1.165, 1.54) is 17.1 Å². The second-order valence-corrected chi connectivity index (χ2v) is 6.67. The van der Waals surface area contributed by atoms with Crippen LogP contribution in [-0.4, -0.2) is 22.3 Å². The third-order valence-electron chi connectivity index (χ3n) is 4.09. The standard InChI is InChI=1S/C20H16ClF4N3O2/c21-16-7-6-15(20(23,24)25)17(18(16)22)19(29)27-14-10-26-28(11-14)8-9-30-12-13-4-2-1-3-5-13/h1-7,10-11H,8-9,12H2,(H,27,29). The number of aromatic nitrogens is 2. The molecular weight excluding hydrogens is 426 g/mol. The summed E-state index contributed by atoms with van der Waals surface area (Å²) >= 11 is 5.55. The van der Waals surface area contributed by atoms with Crippen LogP contribution in [0.2, 0.25) is 5.02 Å². The van der Waals surface area contributed by atoms with Gasteiger partial charge in [0.15, 0.2) is 5.82 Å². The van der Waals surface area contributed by atoms with Crippen LogP contribution in [0, 0.1) is 5.82 Å². The van der Waals surface area contributed by atoms with Crippen molar-refractivity contribution in [2.24, 2.45) is 0 Å². The van der Waals surface area contributed by atoms with Gasteiger partial charge in [-0.3, -0.25) is 9.48 Å². The van der Waals surface area contributed by atoms with Gasteiger partial charge in [-0.05, 0) is 17.7 Å². The third-order valence-corrected chi connectivity index (χ3v) is 4.39. The van der Waals surface area contributed by atoms with Gasteiger partial charge in [-0.15, -0.1) is 0 Å². The average Bonchev–Trinajstić information content (AvgIpc) is 3.14. The molecule has 0 atom stereocenters. The molecule has 0 aliphatic carbocycles. The van der Waals surface area contributed by atoms with Gasteiger partial charge in [0.1, 0.15) is 0 Å². The smallest absolute Gasteiger partial charge is 0.375 e. The van der Waals surface area contributed by atoms with E-state index in [1.54, 1.807) is 0 Å². The molecule has 158 valence electrons. The SMILES string of the molecule is O=C(Nc1cnn(CCOCc2ccccc2)c1)c1c(C(F)(F)F)ccc(Cl)c1F. The summed E-state index contributed by atoms with van der Waals surface area (Å²) in [6.07, 6.45) is -2.28. The number of hydrogen-bond donors (Lipinski definition) is 1. The predicted octanol–water partition coefficient (Wildman–Crippen LogP) is 5.16. The zero-order valence-electron chi connectivity index (χ0n) is 15.4. The Hall–Kier alpha value is -2.91. The Bertz CT molecular complexity index is 1020. The normalized spacial score (nSPS) is 11.5. The monoisotopic (exact) mass is 441 g/mol. The highest BCUT2D eigenvalue weighted by atomic mass is 35.5. The van der Waals surface area contributed by atoms with E-state index in [2.05, 4.69) is 10.4 Å². The van der Waals surface area contributed by atoms with Gasteiger partial charge in [0.2, 0.25) is 0 Å². The van der Waals surface area contributed by atoms with E-state index < -0.39 is 34.1 Å². The molecule has 0 aliphatic heterocycles. The van der Waals surface area contributed by atoms with Gasteiger partial charge in [0.05, 0.1) is 47.8 Å². The number of alkyl halides is 3. The Morgan fingerprint density at radius 1 is 1.17 bits per heavy atom. The number of halogens is 5. The average molecular weight is 442 g/mol. The Kier molecular flexibility index (Phi) is 6.73. The quantitative estimate of drug-likeness (QED) is 0.407. The van der Waals surface area contributed by atoms with Crippen molar-refractivity contribution in [1.82, 2.24) is 9.78 Å². The van der Waals surface area contributed by atoms with Crippen molar-refractivity contribution in [3.05, 3.63) is 82.4 Å². The van der Waals surface area contributed by atoms with Crippen molar-refractivity contribution >= 4 is 23.2 Å². The highest BCUT2D eigenvalue weighted by molar-refractivity contribution is 6.31. The number of carbonyl (C=O) groups excluding carboxylic acids is 1. The second-order valence-electron chi connectivity index (χ2n) is 6.27. The number of carbonyl (C=O) groups is 1. The fourth-order valence-corrected chi connectivity index (χ4v) is 2.83. The molecule has 3 rings (SSSR count). The molecule has 5 nitrogen and oxygen atoms in total. The van der Waals surface area contributed by atoms with Crippen LogP contribution in [0.4, 0.5) is 23.2 Å². The van der Waals surface area contributed by atoms with Crippen LogP contribution in [0.25, 0.3) is 0 Å². The van der Waals surface area contributed by atoms with Crippen molar-refractivity contribution in [2.45, 2.75) is 19.3 Å². The molecule has 0 saturated heterocycles. The van der Waals surface area contributed by atoms with Crippen molar-refractivity contribution < 1.29 is 27.1 Å². The van der Waals surface area contributed by atoms with Gasteiger partial charge in [0.25, 0.3) is 5.91 Å². The summed E-state index contributed by atoms with van der Waals surface area (Å²) in [5.74, 6) is -2.71. The van der Waals surface area contributed by atoms with Crippen LogP contribution in [-0.2, 0) is 24.1 Å². The summed E-state index contributed by atoms with van der Waals surface area (Å²) in [5, 5.41) is 5.63. The maximum atomic E-state index is 14.2. The van der Waals surface area contributed by atoms with E-state index in [4.69, 9.17) is 16.3 Å². The van der Waals surface area contributed by atoms with Gasteiger partial charge in [0, 0.05) is 6.20 Å². The first-order valence-corrected chi connectivity index (χ1v) is 9.14. The van der Waals surface area contributed by atoms with Crippen LogP contribution in [0.15, 0.2) is 54.9 Å². The lowest BCUT2D eigenvalue weighted by atomic mass is 10.1. The Labute approximate surface area is 174 Å². The molecule has 0 unspecified atom stereocenters. The number of anilines is 1. The molecule has 1 N–H and O–H groups in total. The predicted molar refractivity (Wildman–Crippen MR) is 103 cm³/mol. The number of rotatable bonds is 7. The molecule has 1 heterocycles. The minimum Gasteiger partial charge on any atom is -0.375 e. The van der Waals surface area contributed by atoms with Crippen LogP contribution < -0.4 is 5.32 Å². The minimum absolute atomic E-state index is 0.107. The van der Waals surface area contributed by atoms with E-state index in [1.807, 2.05) is 30.3 Å². The van der Waals surface area contributed by atoms with E-state index in [0.29, 0.717) is 25.8 Å². The Morgan fingerprint density at radius 3 is 2.60 bits per heavy atom. The van der Waals surface area contributed by atoms with Crippen molar-refractivity contribution in [3.8, 4) is 0 Å². The fourth-order valence-electron chi connectivity index (χ4n) is 2.68. The zero-order valence-corrected chi connectivity index (χ0v) is 16.2. The van der Waals surface area contributed by atoms with Crippen LogP contribution >= 0.6 is 11.6 Å². The maximum Gasteiger partial charge on any atom is 0.417 e. The first kappa shape index (κ1) is 21.8. The minimum atomic E-state index is -4.92.